The number of likely N-dealkylation sites (tertiary alicyclic amines) is 1. The predicted molar refractivity (Wildman–Crippen MR) is 116 cm³/mol. The van der Waals surface area contributed by atoms with Crippen molar-refractivity contribution >= 4 is 17.8 Å². The van der Waals surface area contributed by atoms with E-state index in [1.54, 1.807) is 4.90 Å². The monoisotopic (exact) mass is 463 g/mol. The number of ether oxygens (including phenoxy) is 1. The molecule has 3 saturated heterocycles. The summed E-state index contributed by atoms with van der Waals surface area (Å²) in [6.45, 7) is 3.83. The standard InChI is InChI=1S/C24H31F2N3O4/c1-2-9-24(22(31)29(23(32)27-24)15-18-4-3-12-33-18)17-7-10-28(11-8-17)21(30)14-16-5-6-19(25)20(26)13-16/h5-6,13,17-18H,2-4,7-12,14-15H2,1H3,(H,27,32)/t18-,24-/m1/s1. The Hall–Kier alpha value is -2.55. The Kier molecular flexibility index (Phi) is 6.97. The Labute approximate surface area is 192 Å². The van der Waals surface area contributed by atoms with Crippen molar-refractivity contribution in [3.05, 3.63) is 35.4 Å². The fourth-order valence-corrected chi connectivity index (χ4v) is 5.40. The van der Waals surface area contributed by atoms with E-state index in [2.05, 4.69) is 5.32 Å². The number of nitrogens with one attached hydrogen (secondary N) is 1. The van der Waals surface area contributed by atoms with Crippen LogP contribution >= 0.6 is 0 Å². The number of urea groups is 1. The zero-order valence-corrected chi connectivity index (χ0v) is 18.9. The first-order valence-electron chi connectivity index (χ1n) is 11.8. The van der Waals surface area contributed by atoms with E-state index in [0.29, 0.717) is 44.5 Å². The van der Waals surface area contributed by atoms with E-state index in [9.17, 15) is 23.2 Å². The molecule has 1 aromatic rings. The van der Waals surface area contributed by atoms with Crippen LogP contribution in [-0.2, 0) is 20.7 Å². The van der Waals surface area contributed by atoms with E-state index >= 15 is 0 Å². The van der Waals surface area contributed by atoms with Crippen molar-refractivity contribution in [3.8, 4) is 0 Å². The minimum absolute atomic E-state index is 0.00714. The Balaban J connectivity index is 1.40. The quantitative estimate of drug-likeness (QED) is 0.631. The largest absolute Gasteiger partial charge is 0.376 e. The number of rotatable bonds is 7. The molecule has 4 amide bonds. The molecule has 0 radical (unpaired) electrons. The van der Waals surface area contributed by atoms with Crippen LogP contribution in [-0.4, -0.2) is 65.5 Å². The maximum Gasteiger partial charge on any atom is 0.325 e. The highest BCUT2D eigenvalue weighted by Crippen LogP contribution is 2.37. The lowest BCUT2D eigenvalue weighted by Gasteiger charge is -2.41. The molecule has 4 rings (SSSR count). The highest BCUT2D eigenvalue weighted by molar-refractivity contribution is 6.07. The van der Waals surface area contributed by atoms with Crippen molar-refractivity contribution < 1.29 is 27.9 Å². The smallest absolute Gasteiger partial charge is 0.325 e. The van der Waals surface area contributed by atoms with Gasteiger partial charge in [-0.2, -0.15) is 0 Å². The summed E-state index contributed by atoms with van der Waals surface area (Å²) in [5.74, 6) is -2.33. The highest BCUT2D eigenvalue weighted by Gasteiger charge is 2.55. The Morgan fingerprint density at radius 2 is 1.94 bits per heavy atom. The van der Waals surface area contributed by atoms with Crippen LogP contribution in [0.15, 0.2) is 18.2 Å². The Bertz CT molecular complexity index is 913. The van der Waals surface area contributed by atoms with E-state index in [1.165, 1.54) is 11.0 Å². The van der Waals surface area contributed by atoms with Crippen LogP contribution in [0.3, 0.4) is 0 Å². The zero-order chi connectivity index (χ0) is 23.6. The van der Waals surface area contributed by atoms with Gasteiger partial charge >= 0.3 is 6.03 Å². The van der Waals surface area contributed by atoms with Gasteiger partial charge in [-0.1, -0.05) is 19.4 Å². The number of piperidine rings is 1. The molecule has 33 heavy (non-hydrogen) atoms. The number of carbonyl (C=O) groups excluding carboxylic acids is 3. The van der Waals surface area contributed by atoms with E-state index in [0.717, 1.165) is 31.4 Å². The van der Waals surface area contributed by atoms with Crippen LogP contribution in [0.1, 0.15) is 51.0 Å². The minimum Gasteiger partial charge on any atom is -0.376 e. The molecule has 2 atom stereocenters. The second kappa shape index (κ2) is 9.75. The molecule has 1 N–H and O–H groups in total. The summed E-state index contributed by atoms with van der Waals surface area (Å²) in [5.41, 5.74) is -0.522. The number of benzene rings is 1. The summed E-state index contributed by atoms with van der Waals surface area (Å²) in [5, 5.41) is 3.01. The van der Waals surface area contributed by atoms with Gasteiger partial charge in [0.1, 0.15) is 5.54 Å². The minimum atomic E-state index is -0.969. The number of hydrogen-bond acceptors (Lipinski definition) is 4. The van der Waals surface area contributed by atoms with Crippen LogP contribution in [0, 0.1) is 17.6 Å². The molecule has 1 aromatic carbocycles. The van der Waals surface area contributed by atoms with Gasteiger partial charge in [-0.3, -0.25) is 14.5 Å². The highest BCUT2D eigenvalue weighted by atomic mass is 19.2. The SMILES string of the molecule is CCC[C@]1(C2CCN(C(=O)Cc3ccc(F)c(F)c3)CC2)NC(=O)N(C[C@H]2CCCO2)C1=O. The third-order valence-corrected chi connectivity index (χ3v) is 7.14. The third kappa shape index (κ3) is 4.74. The second-order valence-electron chi connectivity index (χ2n) is 9.28. The van der Waals surface area contributed by atoms with Gasteiger partial charge in [0.05, 0.1) is 19.1 Å². The second-order valence-corrected chi connectivity index (χ2v) is 9.28. The zero-order valence-electron chi connectivity index (χ0n) is 18.9. The van der Waals surface area contributed by atoms with E-state index in [4.69, 9.17) is 4.74 Å². The fraction of sp³-hybridized carbons (Fsp3) is 0.625. The number of halogens is 2. The number of amides is 4. The van der Waals surface area contributed by atoms with Gasteiger partial charge in [-0.25, -0.2) is 13.6 Å². The molecule has 180 valence electrons. The van der Waals surface area contributed by atoms with Crippen LogP contribution in [0.2, 0.25) is 0 Å². The molecular formula is C24H31F2N3O4. The van der Waals surface area contributed by atoms with Crippen LogP contribution in [0.4, 0.5) is 13.6 Å². The van der Waals surface area contributed by atoms with E-state index < -0.39 is 17.2 Å². The summed E-state index contributed by atoms with van der Waals surface area (Å²) in [4.78, 5) is 41.9. The normalized spacial score (nSPS) is 26.2. The lowest BCUT2D eigenvalue weighted by Crippen LogP contribution is -2.56. The molecule has 3 aliphatic rings. The van der Waals surface area contributed by atoms with Crippen molar-refractivity contribution in [2.75, 3.05) is 26.2 Å². The first kappa shape index (κ1) is 23.6. The molecule has 9 heteroatoms. The van der Waals surface area contributed by atoms with Gasteiger partial charge in [0.2, 0.25) is 5.91 Å². The first-order chi connectivity index (χ1) is 15.8. The molecular weight excluding hydrogens is 432 g/mol. The molecule has 0 aromatic heterocycles. The van der Waals surface area contributed by atoms with Crippen LogP contribution in [0.5, 0.6) is 0 Å². The lowest BCUT2D eigenvalue weighted by molar-refractivity contribution is -0.136. The average molecular weight is 464 g/mol. The van der Waals surface area contributed by atoms with Gasteiger partial charge in [0.25, 0.3) is 5.91 Å². The topological polar surface area (TPSA) is 79.0 Å². The average Bonchev–Trinajstić information content (AvgIpc) is 3.40. The first-order valence-corrected chi connectivity index (χ1v) is 11.8. The maximum absolute atomic E-state index is 13.5. The molecule has 0 bridgehead atoms. The summed E-state index contributed by atoms with van der Waals surface area (Å²) < 4.78 is 32.2. The van der Waals surface area contributed by atoms with Crippen LogP contribution < -0.4 is 5.32 Å². The van der Waals surface area contributed by atoms with Crippen molar-refractivity contribution in [2.45, 2.75) is 63.5 Å². The number of nitrogens with zero attached hydrogens (tertiary/aromatic N) is 2. The Morgan fingerprint density at radius 3 is 2.58 bits per heavy atom. The molecule has 0 unspecified atom stereocenters. The van der Waals surface area contributed by atoms with Gasteiger partial charge in [-0.15, -0.1) is 0 Å². The van der Waals surface area contributed by atoms with E-state index in [-0.39, 0.29) is 42.8 Å². The number of imide groups is 1. The summed E-state index contributed by atoms with van der Waals surface area (Å²) in [6.07, 6.45) is 4.14. The van der Waals surface area contributed by atoms with Crippen molar-refractivity contribution in [1.29, 1.82) is 0 Å². The molecule has 0 aliphatic carbocycles. The van der Waals surface area contributed by atoms with Crippen molar-refractivity contribution in [2.24, 2.45) is 5.92 Å². The van der Waals surface area contributed by atoms with Crippen LogP contribution in [0.25, 0.3) is 0 Å². The molecule has 3 fully saturated rings. The summed E-state index contributed by atoms with van der Waals surface area (Å²) >= 11 is 0. The van der Waals surface area contributed by atoms with Crippen molar-refractivity contribution in [3.63, 3.8) is 0 Å². The predicted octanol–water partition coefficient (Wildman–Crippen LogP) is 3.02. The van der Waals surface area contributed by atoms with Gasteiger partial charge in [-0.05, 0) is 55.7 Å². The molecule has 3 aliphatic heterocycles. The lowest BCUT2D eigenvalue weighted by atomic mass is 9.74. The maximum atomic E-state index is 13.5. The van der Waals surface area contributed by atoms with Gasteiger partial charge in [0.15, 0.2) is 11.6 Å². The van der Waals surface area contributed by atoms with E-state index in [1.807, 2.05) is 6.92 Å². The summed E-state index contributed by atoms with van der Waals surface area (Å²) in [6, 6.07) is 3.12. The third-order valence-electron chi connectivity index (χ3n) is 7.14. The number of carbonyl (C=O) groups is 3. The fourth-order valence-electron chi connectivity index (χ4n) is 5.40. The number of hydrogen-bond donors (Lipinski definition) is 1. The summed E-state index contributed by atoms with van der Waals surface area (Å²) in [7, 11) is 0. The van der Waals surface area contributed by atoms with Crippen molar-refractivity contribution in [1.82, 2.24) is 15.1 Å². The molecule has 0 spiro atoms. The molecule has 3 heterocycles. The molecule has 7 nitrogen and oxygen atoms in total. The van der Waals surface area contributed by atoms with Gasteiger partial charge in [0, 0.05) is 19.7 Å². The van der Waals surface area contributed by atoms with Gasteiger partial charge < -0.3 is 15.0 Å². The molecule has 0 saturated carbocycles. The Morgan fingerprint density at radius 1 is 1.18 bits per heavy atom.